The summed E-state index contributed by atoms with van der Waals surface area (Å²) < 4.78 is 13.7. The van der Waals surface area contributed by atoms with Gasteiger partial charge in [0.05, 0.1) is 6.61 Å². The lowest BCUT2D eigenvalue weighted by Crippen LogP contribution is -2.44. The molecule has 3 nitrogen and oxygen atoms in total. The van der Waals surface area contributed by atoms with E-state index in [9.17, 15) is 9.50 Å². The van der Waals surface area contributed by atoms with E-state index in [0.717, 1.165) is 18.7 Å². The van der Waals surface area contributed by atoms with Gasteiger partial charge in [0.1, 0.15) is 5.82 Å². The molecule has 1 aliphatic rings. The first-order chi connectivity index (χ1) is 9.70. The van der Waals surface area contributed by atoms with Crippen LogP contribution in [0.5, 0.6) is 0 Å². The third-order valence-corrected chi connectivity index (χ3v) is 4.10. The number of nitrogens with one attached hydrogen (secondary N) is 1. The lowest BCUT2D eigenvalue weighted by atomic mass is 10.0. The first kappa shape index (κ1) is 15.4. The van der Waals surface area contributed by atoms with Crippen LogP contribution in [0.25, 0.3) is 0 Å². The Hall–Kier alpha value is -0.970. The molecule has 0 radical (unpaired) electrons. The van der Waals surface area contributed by atoms with Crippen LogP contribution in [0.4, 0.5) is 4.39 Å². The largest absolute Gasteiger partial charge is 0.395 e. The van der Waals surface area contributed by atoms with Gasteiger partial charge in [-0.1, -0.05) is 18.2 Å². The van der Waals surface area contributed by atoms with Crippen molar-refractivity contribution < 1.29 is 9.50 Å². The highest BCUT2D eigenvalue weighted by Gasteiger charge is 2.21. The van der Waals surface area contributed by atoms with Crippen molar-refractivity contribution >= 4 is 0 Å². The minimum absolute atomic E-state index is 0.137. The van der Waals surface area contributed by atoms with Crippen LogP contribution >= 0.6 is 0 Å². The van der Waals surface area contributed by atoms with Gasteiger partial charge >= 0.3 is 0 Å². The van der Waals surface area contributed by atoms with Crippen LogP contribution in [0.2, 0.25) is 0 Å². The molecule has 1 aromatic carbocycles. The van der Waals surface area contributed by atoms with Crippen molar-refractivity contribution in [2.75, 3.05) is 26.2 Å². The van der Waals surface area contributed by atoms with Gasteiger partial charge in [-0.05, 0) is 44.4 Å². The maximum Gasteiger partial charge on any atom is 0.126 e. The number of aliphatic hydroxyl groups is 1. The summed E-state index contributed by atoms with van der Waals surface area (Å²) in [6, 6.07) is 7.68. The van der Waals surface area contributed by atoms with E-state index >= 15 is 0 Å². The van der Waals surface area contributed by atoms with E-state index < -0.39 is 0 Å². The predicted molar refractivity (Wildman–Crippen MR) is 79.2 cm³/mol. The first-order valence-corrected chi connectivity index (χ1v) is 7.52. The van der Waals surface area contributed by atoms with Gasteiger partial charge in [-0.25, -0.2) is 4.39 Å². The van der Waals surface area contributed by atoms with Crippen molar-refractivity contribution in [2.45, 2.75) is 38.3 Å². The molecule has 2 rings (SSSR count). The molecule has 112 valence electrons. The van der Waals surface area contributed by atoms with Gasteiger partial charge in [0.25, 0.3) is 0 Å². The molecular formula is C16H25FN2O. The van der Waals surface area contributed by atoms with E-state index in [1.54, 1.807) is 6.07 Å². The molecule has 2 atom stereocenters. The second-order valence-electron chi connectivity index (χ2n) is 5.66. The maximum atomic E-state index is 13.7. The molecule has 4 heteroatoms. The molecule has 1 aromatic rings. The number of hydrogen-bond donors (Lipinski definition) is 2. The van der Waals surface area contributed by atoms with Gasteiger partial charge in [-0.2, -0.15) is 0 Å². The Morgan fingerprint density at radius 2 is 2.25 bits per heavy atom. The quantitative estimate of drug-likeness (QED) is 0.799. The summed E-state index contributed by atoms with van der Waals surface area (Å²) in [5, 5.41) is 12.7. The normalized spacial score (nSPS) is 20.5. The van der Waals surface area contributed by atoms with E-state index in [4.69, 9.17) is 0 Å². The molecule has 1 fully saturated rings. The summed E-state index contributed by atoms with van der Waals surface area (Å²) in [4.78, 5) is 2.26. The van der Waals surface area contributed by atoms with E-state index in [1.807, 2.05) is 12.1 Å². The van der Waals surface area contributed by atoms with E-state index in [-0.39, 0.29) is 18.5 Å². The van der Waals surface area contributed by atoms with Crippen molar-refractivity contribution in [3.63, 3.8) is 0 Å². The average molecular weight is 280 g/mol. The van der Waals surface area contributed by atoms with Crippen LogP contribution in [0, 0.1) is 5.82 Å². The van der Waals surface area contributed by atoms with Crippen molar-refractivity contribution in [1.82, 2.24) is 10.2 Å². The molecule has 0 aromatic heterocycles. The van der Waals surface area contributed by atoms with Gasteiger partial charge in [0.15, 0.2) is 0 Å². The topological polar surface area (TPSA) is 35.5 Å². The molecule has 0 bridgehead atoms. The molecule has 0 saturated carbocycles. The van der Waals surface area contributed by atoms with E-state index in [2.05, 4.69) is 17.1 Å². The van der Waals surface area contributed by atoms with Crippen LogP contribution in [0.3, 0.4) is 0 Å². The van der Waals surface area contributed by atoms with Gasteiger partial charge in [-0.15, -0.1) is 0 Å². The van der Waals surface area contributed by atoms with Gasteiger partial charge in [0, 0.05) is 25.2 Å². The highest BCUT2D eigenvalue weighted by Crippen LogP contribution is 2.14. The molecule has 1 aliphatic heterocycles. The van der Waals surface area contributed by atoms with Crippen LogP contribution in [0.1, 0.15) is 25.3 Å². The summed E-state index contributed by atoms with van der Waals surface area (Å²) in [5.74, 6) is -0.137. The zero-order chi connectivity index (χ0) is 14.4. The summed E-state index contributed by atoms with van der Waals surface area (Å²) in [7, 11) is 0. The van der Waals surface area contributed by atoms with Crippen LogP contribution in [0.15, 0.2) is 24.3 Å². The Morgan fingerprint density at radius 1 is 1.45 bits per heavy atom. The Balaban J connectivity index is 1.95. The van der Waals surface area contributed by atoms with Gasteiger partial charge in [0.2, 0.25) is 0 Å². The highest BCUT2D eigenvalue weighted by molar-refractivity contribution is 5.18. The molecule has 1 saturated heterocycles. The molecule has 0 amide bonds. The monoisotopic (exact) mass is 280 g/mol. The minimum atomic E-state index is -0.137. The smallest absolute Gasteiger partial charge is 0.126 e. The number of benzene rings is 1. The lowest BCUT2D eigenvalue weighted by molar-refractivity contribution is 0.146. The van der Waals surface area contributed by atoms with Crippen molar-refractivity contribution in [3.05, 3.63) is 35.6 Å². The number of nitrogens with zero attached hydrogens (tertiary/aromatic N) is 1. The summed E-state index contributed by atoms with van der Waals surface area (Å²) in [6.07, 6.45) is 3.09. The Morgan fingerprint density at radius 3 is 2.90 bits per heavy atom. The Bertz CT molecular complexity index is 407. The number of halogens is 1. The fraction of sp³-hybridized carbons (Fsp3) is 0.625. The summed E-state index contributed by atoms with van der Waals surface area (Å²) >= 11 is 0. The zero-order valence-corrected chi connectivity index (χ0v) is 12.2. The van der Waals surface area contributed by atoms with E-state index in [0.29, 0.717) is 19.0 Å². The standard InChI is InChI=1S/C16H25FN2O/c1-13(11-14-5-2-3-7-16(14)17)19(9-10-20)12-15-6-4-8-18-15/h2-3,5,7,13,15,18,20H,4,6,8-12H2,1H3. The van der Waals surface area contributed by atoms with Gasteiger partial charge in [-0.3, -0.25) is 4.90 Å². The highest BCUT2D eigenvalue weighted by atomic mass is 19.1. The Kier molecular flexibility index (Phi) is 5.95. The third kappa shape index (κ3) is 4.27. The van der Waals surface area contributed by atoms with Crippen LogP contribution in [-0.4, -0.2) is 48.3 Å². The van der Waals surface area contributed by atoms with E-state index in [1.165, 1.54) is 18.9 Å². The fourth-order valence-electron chi connectivity index (χ4n) is 2.93. The lowest BCUT2D eigenvalue weighted by Gasteiger charge is -2.31. The summed E-state index contributed by atoms with van der Waals surface area (Å²) in [5.41, 5.74) is 0.752. The maximum absolute atomic E-state index is 13.7. The first-order valence-electron chi connectivity index (χ1n) is 7.52. The Labute approximate surface area is 120 Å². The molecular weight excluding hydrogens is 255 g/mol. The SMILES string of the molecule is CC(Cc1ccccc1F)N(CCO)CC1CCCN1. The third-order valence-electron chi connectivity index (χ3n) is 4.10. The minimum Gasteiger partial charge on any atom is -0.395 e. The average Bonchev–Trinajstić information content (AvgIpc) is 2.94. The zero-order valence-electron chi connectivity index (χ0n) is 12.2. The van der Waals surface area contributed by atoms with Crippen molar-refractivity contribution in [3.8, 4) is 0 Å². The second kappa shape index (κ2) is 7.72. The number of rotatable bonds is 7. The van der Waals surface area contributed by atoms with Gasteiger partial charge < -0.3 is 10.4 Å². The van der Waals surface area contributed by atoms with Crippen molar-refractivity contribution in [2.24, 2.45) is 0 Å². The molecule has 2 N–H and O–H groups in total. The molecule has 0 aliphatic carbocycles. The number of hydrogen-bond acceptors (Lipinski definition) is 3. The van der Waals surface area contributed by atoms with Crippen molar-refractivity contribution in [1.29, 1.82) is 0 Å². The fourth-order valence-corrected chi connectivity index (χ4v) is 2.93. The molecule has 20 heavy (non-hydrogen) atoms. The van der Waals surface area contributed by atoms with Crippen LogP contribution < -0.4 is 5.32 Å². The summed E-state index contributed by atoms with van der Waals surface area (Å²) in [6.45, 7) is 4.91. The predicted octanol–water partition coefficient (Wildman–Crippen LogP) is 1.80. The second-order valence-corrected chi connectivity index (χ2v) is 5.66. The van der Waals surface area contributed by atoms with Crippen LogP contribution in [-0.2, 0) is 6.42 Å². The molecule has 2 unspecified atom stereocenters. The number of aliphatic hydroxyl groups excluding tert-OH is 1. The molecule has 1 heterocycles. The molecule has 0 spiro atoms.